The number of hydrogen-bond acceptors (Lipinski definition) is 5. The van der Waals surface area contributed by atoms with Gasteiger partial charge in [-0.3, -0.25) is 9.36 Å². The van der Waals surface area contributed by atoms with Gasteiger partial charge in [-0.1, -0.05) is 19.4 Å². The number of ether oxygens (including phenoxy) is 2. The number of hydrogen-bond donors (Lipinski definition) is 0. The maximum Gasteiger partial charge on any atom is 0.310 e. The maximum atomic E-state index is 13.3. The molecule has 0 aliphatic carbocycles. The second-order valence-electron chi connectivity index (χ2n) is 8.53. The molecule has 0 atom stereocenters. The summed E-state index contributed by atoms with van der Waals surface area (Å²) in [6.45, 7) is 5.10. The van der Waals surface area contributed by atoms with Crippen LogP contribution in [0.1, 0.15) is 25.1 Å². The quantitative estimate of drug-likeness (QED) is 0.261. The van der Waals surface area contributed by atoms with Gasteiger partial charge in [0.15, 0.2) is 0 Å². The lowest BCUT2D eigenvalue weighted by atomic mass is 10.2. The summed E-state index contributed by atoms with van der Waals surface area (Å²) in [5.74, 6) is 0.868. The molecule has 1 aliphatic heterocycles. The van der Waals surface area contributed by atoms with Crippen molar-refractivity contribution in [2.45, 2.75) is 31.1 Å². The Hall–Kier alpha value is -2.86. The van der Waals surface area contributed by atoms with E-state index in [0.717, 1.165) is 36.7 Å². The molecule has 0 N–H and O–H groups in total. The first kappa shape index (κ1) is 25.2. The molecule has 0 amide bonds. The highest BCUT2D eigenvalue weighted by atomic mass is 32.5. The van der Waals surface area contributed by atoms with E-state index in [2.05, 4.69) is 9.88 Å². The molecule has 4 rings (SSSR count). The van der Waals surface area contributed by atoms with E-state index in [1.165, 1.54) is 32.9 Å². The minimum atomic E-state index is -9.97. The zero-order chi connectivity index (χ0) is 25.5. The van der Waals surface area contributed by atoms with Crippen LogP contribution in [0.2, 0.25) is 0 Å². The van der Waals surface area contributed by atoms with Crippen molar-refractivity contribution in [1.29, 1.82) is 0 Å². The summed E-state index contributed by atoms with van der Waals surface area (Å²) >= 11 is 0. The third kappa shape index (κ3) is 5.53. The van der Waals surface area contributed by atoms with Crippen LogP contribution in [0, 0.1) is 6.92 Å². The third-order valence-electron chi connectivity index (χ3n) is 5.93. The summed E-state index contributed by atoms with van der Waals surface area (Å²) in [6, 6.07) is 5.87. The topological polar surface area (TPSA) is 56.6 Å². The number of aryl methyl sites for hydroxylation is 1. The Labute approximate surface area is 199 Å². The van der Waals surface area contributed by atoms with Gasteiger partial charge < -0.3 is 14.4 Å². The summed E-state index contributed by atoms with van der Waals surface area (Å²) in [6.07, 6.45) is 3.26. The van der Waals surface area contributed by atoms with Crippen molar-refractivity contribution in [3.63, 3.8) is 0 Å². The lowest BCUT2D eigenvalue weighted by molar-refractivity contribution is 0.262. The van der Waals surface area contributed by atoms with Crippen molar-refractivity contribution in [3.8, 4) is 17.2 Å². The third-order valence-corrected chi connectivity index (χ3v) is 7.08. The molecular formula is C23H26F5N3O3S. The van der Waals surface area contributed by atoms with Gasteiger partial charge in [0.1, 0.15) is 22.2 Å². The zero-order valence-electron chi connectivity index (χ0n) is 19.3. The highest BCUT2D eigenvalue weighted by Gasteiger charge is 2.65. The van der Waals surface area contributed by atoms with Gasteiger partial charge >= 0.3 is 10.2 Å². The molecule has 0 spiro atoms. The van der Waals surface area contributed by atoms with E-state index < -0.39 is 26.1 Å². The first-order valence-corrected chi connectivity index (χ1v) is 13.0. The summed E-state index contributed by atoms with van der Waals surface area (Å²) < 4.78 is 78.8. The normalized spacial score (nSPS) is 16.8. The van der Waals surface area contributed by atoms with Crippen LogP contribution in [0.25, 0.3) is 16.6 Å². The van der Waals surface area contributed by atoms with E-state index in [0.29, 0.717) is 12.4 Å². The van der Waals surface area contributed by atoms with Crippen LogP contribution >= 0.6 is 10.2 Å². The standard InChI is InChI=1S/C23H26F5N3O3S/c1-16-29-20-8-7-18(35(24,25,26,27)28)15-19(20)23(32)31(16)21-9-6-17(14-22(21)33-2)34-13-5-12-30-10-3-4-11-30/h6-9,14-15H,3-5,10-13H2,1-2H3. The molecule has 1 saturated heterocycles. The minimum absolute atomic E-state index is 0.119. The van der Waals surface area contributed by atoms with Crippen LogP contribution < -0.4 is 15.0 Å². The minimum Gasteiger partial charge on any atom is -0.494 e. The van der Waals surface area contributed by atoms with Gasteiger partial charge in [0.25, 0.3) is 5.56 Å². The van der Waals surface area contributed by atoms with Crippen LogP contribution in [0.3, 0.4) is 0 Å². The van der Waals surface area contributed by atoms with Crippen LogP contribution in [-0.4, -0.2) is 47.8 Å². The Bertz CT molecular complexity index is 1320. The van der Waals surface area contributed by atoms with Crippen molar-refractivity contribution in [3.05, 3.63) is 52.6 Å². The summed E-state index contributed by atoms with van der Waals surface area (Å²) in [4.78, 5) is 17.5. The Morgan fingerprint density at radius 3 is 2.40 bits per heavy atom. The molecule has 12 heteroatoms. The molecule has 3 aromatic rings. The fourth-order valence-corrected chi connectivity index (χ4v) is 4.88. The number of nitrogens with zero attached hydrogens (tertiary/aromatic N) is 3. The fraction of sp³-hybridized carbons (Fsp3) is 0.391. The lowest BCUT2D eigenvalue weighted by Gasteiger charge is -2.40. The van der Waals surface area contributed by atoms with Crippen LogP contribution in [0.15, 0.2) is 46.1 Å². The number of halogens is 5. The Morgan fingerprint density at radius 1 is 1.03 bits per heavy atom. The predicted molar refractivity (Wildman–Crippen MR) is 126 cm³/mol. The molecule has 1 aliphatic rings. The number of likely N-dealkylation sites (tertiary alicyclic amines) is 1. The van der Waals surface area contributed by atoms with Crippen molar-refractivity contribution < 1.29 is 28.9 Å². The van der Waals surface area contributed by atoms with Crippen LogP contribution in [-0.2, 0) is 0 Å². The average molecular weight is 520 g/mol. The molecule has 1 fully saturated rings. The number of benzene rings is 2. The Balaban J connectivity index is 1.66. The second-order valence-corrected chi connectivity index (χ2v) is 10.9. The molecule has 0 unspecified atom stereocenters. The molecule has 0 saturated carbocycles. The van der Waals surface area contributed by atoms with E-state index in [1.54, 1.807) is 12.1 Å². The molecule has 6 nitrogen and oxygen atoms in total. The van der Waals surface area contributed by atoms with Crippen molar-refractivity contribution in [2.24, 2.45) is 0 Å². The fourth-order valence-electron chi connectivity index (χ4n) is 4.22. The maximum absolute atomic E-state index is 13.3. The van der Waals surface area contributed by atoms with Gasteiger partial charge in [0.2, 0.25) is 0 Å². The Kier molecular flexibility index (Phi) is 6.03. The summed E-state index contributed by atoms with van der Waals surface area (Å²) in [5.41, 5.74) is -0.841. The lowest BCUT2D eigenvalue weighted by Crippen LogP contribution is -2.23. The summed E-state index contributed by atoms with van der Waals surface area (Å²) in [5, 5.41) is -0.578. The number of methoxy groups -OCH3 is 1. The predicted octanol–water partition coefficient (Wildman–Crippen LogP) is 6.22. The van der Waals surface area contributed by atoms with Crippen molar-refractivity contribution in [1.82, 2.24) is 14.5 Å². The molecule has 1 aromatic heterocycles. The monoisotopic (exact) mass is 519 g/mol. The SMILES string of the molecule is COc1cc(OCCCN2CCCC2)ccc1-n1c(C)nc2ccc(S(F)(F)(F)(F)F)cc2c1=O. The van der Waals surface area contributed by atoms with Gasteiger partial charge in [-0.25, -0.2) is 4.98 Å². The van der Waals surface area contributed by atoms with Gasteiger partial charge in [-0.15, -0.1) is 0 Å². The molecule has 2 heterocycles. The largest absolute Gasteiger partial charge is 0.494 e. The van der Waals surface area contributed by atoms with Crippen molar-refractivity contribution in [2.75, 3.05) is 33.4 Å². The first-order valence-electron chi connectivity index (χ1n) is 11.1. The van der Waals surface area contributed by atoms with Gasteiger partial charge in [-0.2, -0.15) is 0 Å². The van der Waals surface area contributed by atoms with Gasteiger partial charge in [0.05, 0.1) is 30.3 Å². The number of aromatic nitrogens is 2. The van der Waals surface area contributed by atoms with Crippen molar-refractivity contribution >= 4 is 21.1 Å². The molecule has 192 valence electrons. The van der Waals surface area contributed by atoms with Crippen LogP contribution in [0.5, 0.6) is 11.5 Å². The van der Waals surface area contributed by atoms with E-state index in [4.69, 9.17) is 9.47 Å². The van der Waals surface area contributed by atoms with E-state index >= 15 is 0 Å². The van der Waals surface area contributed by atoms with Gasteiger partial charge in [-0.05, 0) is 69.6 Å². The molecule has 2 aromatic carbocycles. The second kappa shape index (κ2) is 8.37. The van der Waals surface area contributed by atoms with E-state index in [1.807, 2.05) is 0 Å². The highest BCUT2D eigenvalue weighted by Crippen LogP contribution is 3.02. The smallest absolute Gasteiger partial charge is 0.310 e. The molecule has 0 bridgehead atoms. The first-order chi connectivity index (χ1) is 16.3. The number of fused-ring (bicyclic) bond motifs is 1. The summed E-state index contributed by atoms with van der Waals surface area (Å²) in [7, 11) is -8.60. The molecular weight excluding hydrogens is 493 g/mol. The Morgan fingerprint density at radius 2 is 1.74 bits per heavy atom. The number of rotatable bonds is 8. The zero-order valence-corrected chi connectivity index (χ0v) is 20.1. The van der Waals surface area contributed by atoms with E-state index in [9.17, 15) is 24.2 Å². The molecule has 0 radical (unpaired) electrons. The van der Waals surface area contributed by atoms with E-state index in [-0.39, 0.29) is 34.9 Å². The highest BCUT2D eigenvalue weighted by molar-refractivity contribution is 8.45. The van der Waals surface area contributed by atoms with Gasteiger partial charge in [0, 0.05) is 12.6 Å². The van der Waals surface area contributed by atoms with Crippen LogP contribution in [0.4, 0.5) is 19.4 Å². The molecule has 35 heavy (non-hydrogen) atoms. The average Bonchev–Trinajstić information content (AvgIpc) is 3.29.